The van der Waals surface area contributed by atoms with E-state index in [2.05, 4.69) is 22.9 Å². The first-order valence-electron chi connectivity index (χ1n) is 3.66. The molecule has 0 aromatic heterocycles. The van der Waals surface area contributed by atoms with Gasteiger partial charge in [-0.1, -0.05) is 15.9 Å². The fraction of sp³-hybridized carbons (Fsp3) is 0.111. The molecule has 0 aliphatic rings. The van der Waals surface area contributed by atoms with Gasteiger partial charge in [0.25, 0.3) is 5.91 Å². The third kappa shape index (κ3) is 2.45. The van der Waals surface area contributed by atoms with Crippen molar-refractivity contribution in [2.45, 2.75) is 0 Å². The van der Waals surface area contributed by atoms with Gasteiger partial charge in [-0.15, -0.1) is 0 Å². The van der Waals surface area contributed by atoms with E-state index in [-0.39, 0.29) is 6.61 Å². The first-order chi connectivity index (χ1) is 6.15. The van der Waals surface area contributed by atoms with Crippen LogP contribution in [0, 0.1) is 6.92 Å². The van der Waals surface area contributed by atoms with Crippen molar-refractivity contribution in [1.82, 2.24) is 0 Å². The Morgan fingerprint density at radius 3 is 2.85 bits per heavy atom. The fourth-order valence-corrected chi connectivity index (χ4v) is 1.29. The Bertz CT molecular complexity index is 325. The van der Waals surface area contributed by atoms with Crippen molar-refractivity contribution in [3.63, 3.8) is 0 Å². The second kappa shape index (κ2) is 4.28. The number of hydrogen-bond donors (Lipinski definition) is 1. The zero-order valence-electron chi connectivity index (χ0n) is 6.92. The molecule has 3 nitrogen and oxygen atoms in total. The van der Waals surface area contributed by atoms with Crippen LogP contribution in [-0.4, -0.2) is 12.5 Å². The van der Waals surface area contributed by atoms with E-state index >= 15 is 0 Å². The van der Waals surface area contributed by atoms with E-state index in [0.717, 1.165) is 4.47 Å². The summed E-state index contributed by atoms with van der Waals surface area (Å²) in [5, 5.41) is 0. The van der Waals surface area contributed by atoms with Crippen LogP contribution in [0.25, 0.3) is 0 Å². The summed E-state index contributed by atoms with van der Waals surface area (Å²) >= 11 is 3.24. The van der Waals surface area contributed by atoms with E-state index in [0.29, 0.717) is 11.3 Å². The number of rotatable bonds is 3. The van der Waals surface area contributed by atoms with Gasteiger partial charge in [0.1, 0.15) is 5.75 Å². The van der Waals surface area contributed by atoms with Crippen LogP contribution in [0.2, 0.25) is 0 Å². The topological polar surface area (TPSA) is 52.3 Å². The zero-order chi connectivity index (χ0) is 9.84. The van der Waals surface area contributed by atoms with Crippen LogP contribution in [0.3, 0.4) is 0 Å². The average Bonchev–Trinajstić information content (AvgIpc) is 2.08. The van der Waals surface area contributed by atoms with Gasteiger partial charge in [0, 0.05) is 4.47 Å². The molecular weight excluding hydrogens is 234 g/mol. The van der Waals surface area contributed by atoms with Gasteiger partial charge >= 0.3 is 0 Å². The molecule has 1 amide bonds. The molecule has 0 atom stereocenters. The van der Waals surface area contributed by atoms with Crippen LogP contribution < -0.4 is 10.5 Å². The molecule has 1 radical (unpaired) electrons. The minimum atomic E-state index is -0.509. The normalized spacial score (nSPS) is 9.69. The van der Waals surface area contributed by atoms with Crippen molar-refractivity contribution in [1.29, 1.82) is 0 Å². The SMILES string of the molecule is [CH2]COc1ccc(Br)cc1C(N)=O. The molecule has 0 saturated heterocycles. The molecule has 2 N–H and O–H groups in total. The monoisotopic (exact) mass is 242 g/mol. The molecule has 0 bridgehead atoms. The Balaban J connectivity index is 3.10. The predicted molar refractivity (Wildman–Crippen MR) is 53.5 cm³/mol. The molecule has 13 heavy (non-hydrogen) atoms. The summed E-state index contributed by atoms with van der Waals surface area (Å²) in [4.78, 5) is 10.9. The molecule has 0 aliphatic heterocycles. The number of ether oxygens (including phenoxy) is 1. The number of nitrogens with two attached hydrogens (primary N) is 1. The summed E-state index contributed by atoms with van der Waals surface area (Å²) in [6, 6.07) is 5.07. The Morgan fingerprint density at radius 2 is 2.31 bits per heavy atom. The number of hydrogen-bond acceptors (Lipinski definition) is 2. The zero-order valence-corrected chi connectivity index (χ0v) is 8.50. The molecular formula is C9H9BrNO2. The molecule has 1 aromatic rings. The first kappa shape index (κ1) is 10.1. The van der Waals surface area contributed by atoms with Crippen molar-refractivity contribution < 1.29 is 9.53 Å². The second-order valence-corrected chi connectivity index (χ2v) is 3.27. The van der Waals surface area contributed by atoms with Crippen LogP contribution >= 0.6 is 15.9 Å². The average molecular weight is 243 g/mol. The summed E-state index contributed by atoms with van der Waals surface area (Å²) < 4.78 is 5.91. The smallest absolute Gasteiger partial charge is 0.252 e. The van der Waals surface area contributed by atoms with Gasteiger partial charge in [-0.2, -0.15) is 0 Å². The number of benzene rings is 1. The summed E-state index contributed by atoms with van der Waals surface area (Å²) in [5.41, 5.74) is 5.51. The summed E-state index contributed by atoms with van der Waals surface area (Å²) in [6.07, 6.45) is 0. The lowest BCUT2D eigenvalue weighted by Crippen LogP contribution is -2.13. The van der Waals surface area contributed by atoms with Gasteiger partial charge < -0.3 is 10.5 Å². The van der Waals surface area contributed by atoms with Gasteiger partial charge in [-0.05, 0) is 25.1 Å². The summed E-state index contributed by atoms with van der Waals surface area (Å²) in [6.45, 7) is 3.78. The van der Waals surface area contributed by atoms with E-state index in [1.807, 2.05) is 0 Å². The minimum Gasteiger partial charge on any atom is -0.493 e. The Kier molecular flexibility index (Phi) is 3.31. The van der Waals surface area contributed by atoms with Gasteiger partial charge in [0.2, 0.25) is 0 Å². The predicted octanol–water partition coefficient (Wildman–Crippen LogP) is 1.76. The maximum absolute atomic E-state index is 10.9. The number of carbonyl (C=O) groups excluding carboxylic acids is 1. The molecule has 0 spiro atoms. The summed E-state index contributed by atoms with van der Waals surface area (Å²) in [5.74, 6) is -0.0459. The van der Waals surface area contributed by atoms with E-state index in [4.69, 9.17) is 10.5 Å². The van der Waals surface area contributed by atoms with Crippen molar-refractivity contribution in [3.8, 4) is 5.75 Å². The summed E-state index contributed by atoms with van der Waals surface area (Å²) in [7, 11) is 0. The maximum atomic E-state index is 10.9. The minimum absolute atomic E-state index is 0.266. The number of halogens is 1. The molecule has 0 fully saturated rings. The molecule has 4 heteroatoms. The first-order valence-corrected chi connectivity index (χ1v) is 4.46. The van der Waals surface area contributed by atoms with E-state index in [9.17, 15) is 4.79 Å². The van der Waals surface area contributed by atoms with E-state index < -0.39 is 5.91 Å². The number of primary amides is 1. The third-order valence-corrected chi connectivity index (χ3v) is 1.96. The highest BCUT2D eigenvalue weighted by Gasteiger charge is 2.08. The largest absolute Gasteiger partial charge is 0.493 e. The molecule has 1 aromatic carbocycles. The van der Waals surface area contributed by atoms with Crippen molar-refractivity contribution >= 4 is 21.8 Å². The lowest BCUT2D eigenvalue weighted by Gasteiger charge is -2.07. The fourth-order valence-electron chi connectivity index (χ4n) is 0.931. The van der Waals surface area contributed by atoms with Gasteiger partial charge in [-0.3, -0.25) is 4.79 Å². The molecule has 1 rings (SSSR count). The molecule has 0 saturated carbocycles. The lowest BCUT2D eigenvalue weighted by molar-refractivity contribution is 0.0997. The van der Waals surface area contributed by atoms with Crippen LogP contribution in [-0.2, 0) is 0 Å². The molecule has 69 valence electrons. The highest BCUT2D eigenvalue weighted by Crippen LogP contribution is 2.22. The van der Waals surface area contributed by atoms with Crippen LogP contribution in [0.15, 0.2) is 22.7 Å². The van der Waals surface area contributed by atoms with Gasteiger partial charge in [-0.25, -0.2) is 0 Å². The van der Waals surface area contributed by atoms with E-state index in [1.54, 1.807) is 18.2 Å². The van der Waals surface area contributed by atoms with Crippen LogP contribution in [0.1, 0.15) is 10.4 Å². The number of carbonyl (C=O) groups is 1. The Hall–Kier alpha value is -1.03. The van der Waals surface area contributed by atoms with Crippen molar-refractivity contribution in [2.24, 2.45) is 5.73 Å². The lowest BCUT2D eigenvalue weighted by atomic mass is 10.2. The molecule has 0 heterocycles. The Morgan fingerprint density at radius 1 is 1.62 bits per heavy atom. The quantitative estimate of drug-likeness (QED) is 0.879. The number of amides is 1. The molecule has 0 aliphatic carbocycles. The third-order valence-electron chi connectivity index (χ3n) is 1.46. The van der Waals surface area contributed by atoms with E-state index in [1.165, 1.54) is 0 Å². The highest BCUT2D eigenvalue weighted by molar-refractivity contribution is 9.10. The highest BCUT2D eigenvalue weighted by atomic mass is 79.9. The van der Waals surface area contributed by atoms with Gasteiger partial charge in [0.05, 0.1) is 12.2 Å². The van der Waals surface area contributed by atoms with Crippen molar-refractivity contribution in [2.75, 3.05) is 6.61 Å². The van der Waals surface area contributed by atoms with Crippen molar-refractivity contribution in [3.05, 3.63) is 35.2 Å². The van der Waals surface area contributed by atoms with Gasteiger partial charge in [0.15, 0.2) is 0 Å². The second-order valence-electron chi connectivity index (χ2n) is 2.35. The molecule has 0 unspecified atom stereocenters. The van der Waals surface area contributed by atoms with Crippen LogP contribution in [0.5, 0.6) is 5.75 Å². The standard InChI is InChI=1S/C9H9BrNO2/c1-2-13-8-4-3-6(10)5-7(8)9(11)12/h3-5H,1-2H2,(H2,11,12). The maximum Gasteiger partial charge on any atom is 0.252 e. The van der Waals surface area contributed by atoms with Crippen LogP contribution in [0.4, 0.5) is 0 Å². The Labute approximate surface area is 85.0 Å².